The van der Waals surface area contributed by atoms with E-state index >= 15 is 0 Å². The summed E-state index contributed by atoms with van der Waals surface area (Å²) in [4.78, 5) is 13.9. The van der Waals surface area contributed by atoms with Gasteiger partial charge in [-0.1, -0.05) is 48.0 Å². The molecule has 6 nitrogen and oxygen atoms in total. The van der Waals surface area contributed by atoms with Gasteiger partial charge in [0.05, 0.1) is 11.7 Å². The summed E-state index contributed by atoms with van der Waals surface area (Å²) in [5, 5.41) is 0. The van der Waals surface area contributed by atoms with Crippen LogP contribution in [0, 0.1) is 6.92 Å². The highest BCUT2D eigenvalue weighted by molar-refractivity contribution is 7.80. The first-order valence-corrected chi connectivity index (χ1v) is 9.53. The van der Waals surface area contributed by atoms with E-state index in [0.717, 1.165) is 11.1 Å². The molecule has 0 spiro atoms. The molecule has 1 aliphatic heterocycles. The van der Waals surface area contributed by atoms with Gasteiger partial charge in [0.25, 0.3) is 11.3 Å². The highest BCUT2D eigenvalue weighted by Crippen LogP contribution is 2.25. The Morgan fingerprint density at radius 2 is 1.92 bits per heavy atom. The average molecular weight is 374 g/mol. The van der Waals surface area contributed by atoms with E-state index in [9.17, 15) is 13.6 Å². The van der Waals surface area contributed by atoms with Crippen molar-refractivity contribution in [2.75, 3.05) is 17.4 Å². The quantitative estimate of drug-likeness (QED) is 0.815. The molecule has 0 aliphatic carbocycles. The first kappa shape index (κ1) is 18.4. The third-order valence-corrected chi connectivity index (χ3v) is 5.26. The van der Waals surface area contributed by atoms with Gasteiger partial charge >= 0.3 is 6.09 Å². The number of anilines is 1. The van der Waals surface area contributed by atoms with Crippen LogP contribution in [-0.4, -0.2) is 38.9 Å². The third kappa shape index (κ3) is 4.42. The van der Waals surface area contributed by atoms with Gasteiger partial charge in [-0.25, -0.2) is 9.00 Å². The van der Waals surface area contributed by atoms with Crippen LogP contribution in [0.4, 0.5) is 10.5 Å². The number of carbonyl (C=O) groups excluding carboxylic acids is 1. The van der Waals surface area contributed by atoms with Gasteiger partial charge in [0.1, 0.15) is 6.61 Å². The Balaban J connectivity index is 1.61. The normalized spacial score (nSPS) is 17.8. The van der Waals surface area contributed by atoms with Crippen molar-refractivity contribution in [2.24, 2.45) is 0 Å². The molecule has 2 aromatic carbocycles. The van der Waals surface area contributed by atoms with Gasteiger partial charge in [0, 0.05) is 13.1 Å². The van der Waals surface area contributed by atoms with Crippen molar-refractivity contribution in [3.63, 3.8) is 0 Å². The summed E-state index contributed by atoms with van der Waals surface area (Å²) in [7, 11) is 0. The molecule has 1 heterocycles. The maximum atomic E-state index is 12.3. The Bertz CT molecular complexity index is 767. The molecule has 1 N–H and O–H groups in total. The van der Waals surface area contributed by atoms with Crippen LogP contribution in [0.25, 0.3) is 0 Å². The molecule has 1 saturated heterocycles. The summed E-state index contributed by atoms with van der Waals surface area (Å²) in [6.07, 6.45) is 0.213. The van der Waals surface area contributed by atoms with Gasteiger partial charge in [0.2, 0.25) is 0 Å². The minimum atomic E-state index is -2.16. The van der Waals surface area contributed by atoms with E-state index in [-0.39, 0.29) is 12.6 Å². The molecular weight excluding hydrogens is 352 g/mol. The molecule has 26 heavy (non-hydrogen) atoms. The largest absolute Gasteiger partial charge is 0.445 e. The predicted molar refractivity (Wildman–Crippen MR) is 101 cm³/mol. The first-order chi connectivity index (χ1) is 12.5. The topological polar surface area (TPSA) is 70.1 Å². The third-order valence-electron chi connectivity index (χ3n) is 4.42. The Labute approximate surface area is 155 Å². The molecule has 138 valence electrons. The van der Waals surface area contributed by atoms with E-state index in [1.807, 2.05) is 61.5 Å². The van der Waals surface area contributed by atoms with E-state index in [1.54, 1.807) is 4.90 Å². The number of carbonyl (C=O) groups is 1. The molecular formula is C19H22N2O4S. The molecule has 1 amide bonds. The number of amides is 1. The number of benzene rings is 2. The fourth-order valence-corrected chi connectivity index (χ4v) is 3.76. The Kier molecular flexibility index (Phi) is 5.90. The predicted octanol–water partition coefficient (Wildman–Crippen LogP) is 3.35. The molecule has 2 atom stereocenters. The lowest BCUT2D eigenvalue weighted by atomic mass is 10.2. The van der Waals surface area contributed by atoms with Gasteiger partial charge in [-0.05, 0) is 31.0 Å². The zero-order valence-corrected chi connectivity index (χ0v) is 15.4. The second-order valence-corrected chi connectivity index (χ2v) is 7.18. The molecule has 2 unspecified atom stereocenters. The van der Waals surface area contributed by atoms with E-state index in [4.69, 9.17) is 4.74 Å². The van der Waals surface area contributed by atoms with Crippen molar-refractivity contribution >= 4 is 23.0 Å². The molecule has 0 bridgehead atoms. The summed E-state index contributed by atoms with van der Waals surface area (Å²) >= 11 is -2.16. The number of aryl methyl sites for hydroxylation is 1. The van der Waals surface area contributed by atoms with Crippen LogP contribution in [0.15, 0.2) is 54.6 Å². The van der Waals surface area contributed by atoms with Gasteiger partial charge in [-0.15, -0.1) is 0 Å². The minimum absolute atomic E-state index is 0.217. The van der Waals surface area contributed by atoms with E-state index < -0.39 is 17.4 Å². The number of ether oxygens (including phenoxy) is 1. The second kappa shape index (κ2) is 8.33. The van der Waals surface area contributed by atoms with Gasteiger partial charge in [0.15, 0.2) is 0 Å². The van der Waals surface area contributed by atoms with Crippen LogP contribution in [0.2, 0.25) is 0 Å². The van der Waals surface area contributed by atoms with Crippen LogP contribution in [-0.2, 0) is 22.6 Å². The lowest BCUT2D eigenvalue weighted by Gasteiger charge is -2.26. The number of likely N-dealkylation sites (tertiary alicyclic amines) is 1. The van der Waals surface area contributed by atoms with Crippen LogP contribution >= 0.6 is 0 Å². The summed E-state index contributed by atoms with van der Waals surface area (Å²) in [6, 6.07) is 16.7. The Morgan fingerprint density at radius 1 is 1.23 bits per heavy atom. The summed E-state index contributed by atoms with van der Waals surface area (Å²) < 4.78 is 28.4. The lowest BCUT2D eigenvalue weighted by molar-refractivity contribution is 0.104. The number of hydrogen-bond acceptors (Lipinski definition) is 3. The Morgan fingerprint density at radius 3 is 2.58 bits per heavy atom. The summed E-state index contributed by atoms with van der Waals surface area (Å²) in [5.74, 6) is 0. The van der Waals surface area contributed by atoms with Crippen molar-refractivity contribution in [3.8, 4) is 0 Å². The molecule has 0 aromatic heterocycles. The van der Waals surface area contributed by atoms with Crippen molar-refractivity contribution in [1.82, 2.24) is 4.90 Å². The van der Waals surface area contributed by atoms with Crippen LogP contribution < -0.4 is 4.31 Å². The minimum Gasteiger partial charge on any atom is -0.445 e. The number of hydrogen-bond donors (Lipinski definition) is 1. The van der Waals surface area contributed by atoms with Gasteiger partial charge < -0.3 is 9.64 Å². The van der Waals surface area contributed by atoms with Crippen LogP contribution in [0.3, 0.4) is 0 Å². The molecule has 1 aliphatic rings. The number of nitrogens with zero attached hydrogens (tertiary/aromatic N) is 2. The maximum absolute atomic E-state index is 12.3. The van der Waals surface area contributed by atoms with Crippen molar-refractivity contribution in [1.29, 1.82) is 0 Å². The first-order valence-electron chi connectivity index (χ1n) is 8.47. The van der Waals surface area contributed by atoms with Crippen molar-refractivity contribution < 1.29 is 18.3 Å². The van der Waals surface area contributed by atoms with Crippen LogP contribution in [0.5, 0.6) is 0 Å². The highest BCUT2D eigenvalue weighted by Gasteiger charge is 2.34. The summed E-state index contributed by atoms with van der Waals surface area (Å²) in [5.41, 5.74) is 2.67. The standard InChI is InChI=1S/C19H22N2O4S/c1-15-7-9-17(10-8-15)21(26(23)24)18-11-12-20(13-18)19(22)25-14-16-5-3-2-4-6-16/h2-10,18H,11-14H2,1H3,(H,23,24). The fourth-order valence-electron chi connectivity index (χ4n) is 3.03. The monoisotopic (exact) mass is 374 g/mol. The molecule has 2 aromatic rings. The highest BCUT2D eigenvalue weighted by atomic mass is 32.2. The summed E-state index contributed by atoms with van der Waals surface area (Å²) in [6.45, 7) is 3.03. The molecule has 1 fully saturated rings. The van der Waals surface area contributed by atoms with Crippen LogP contribution in [0.1, 0.15) is 17.5 Å². The zero-order chi connectivity index (χ0) is 18.5. The molecule has 3 rings (SSSR count). The number of rotatable bonds is 5. The lowest BCUT2D eigenvalue weighted by Crippen LogP contribution is -2.40. The van der Waals surface area contributed by atoms with Crippen molar-refractivity contribution in [3.05, 3.63) is 65.7 Å². The molecule has 7 heteroatoms. The maximum Gasteiger partial charge on any atom is 0.410 e. The molecule has 0 radical (unpaired) electrons. The fraction of sp³-hybridized carbons (Fsp3) is 0.316. The van der Waals surface area contributed by atoms with Gasteiger partial charge in [-0.2, -0.15) is 0 Å². The second-order valence-electron chi connectivity index (χ2n) is 6.32. The van der Waals surface area contributed by atoms with E-state index in [2.05, 4.69) is 0 Å². The zero-order valence-electron chi connectivity index (χ0n) is 14.6. The van der Waals surface area contributed by atoms with Gasteiger partial charge in [-0.3, -0.25) is 8.86 Å². The SMILES string of the molecule is Cc1ccc(N(C2CCN(C(=O)OCc3ccccc3)C2)S(=O)O)cc1. The van der Waals surface area contributed by atoms with Crippen molar-refractivity contribution in [2.45, 2.75) is 26.0 Å². The average Bonchev–Trinajstić information content (AvgIpc) is 3.12. The van der Waals surface area contributed by atoms with E-state index in [1.165, 1.54) is 4.31 Å². The van der Waals surface area contributed by atoms with E-state index in [0.29, 0.717) is 25.2 Å². The smallest absolute Gasteiger partial charge is 0.410 e. The molecule has 0 saturated carbocycles. The Hall–Kier alpha value is -2.38.